The maximum absolute atomic E-state index is 11.1. The van der Waals surface area contributed by atoms with Gasteiger partial charge in [-0.3, -0.25) is 4.79 Å². The maximum atomic E-state index is 11.1. The molecule has 0 spiro atoms. The van der Waals surface area contributed by atoms with E-state index in [4.69, 9.17) is 4.74 Å². The summed E-state index contributed by atoms with van der Waals surface area (Å²) in [4.78, 5) is 11.1. The number of cyclic esters (lactones) is 1. The molecular formula is C13H16O3. The molecule has 0 aromatic heterocycles. The molecule has 0 bridgehead atoms. The lowest BCUT2D eigenvalue weighted by atomic mass is 9.99. The fourth-order valence-corrected chi connectivity index (χ4v) is 2.01. The summed E-state index contributed by atoms with van der Waals surface area (Å²) >= 11 is 0. The standard InChI is InChI=1S/C13H16O3/c14-11-8-12(16-13(15)9-11)7-6-10-4-2-1-3-5-10/h1-5,11-12,14H,6-9H2/t11?,12-/m0/s1. The van der Waals surface area contributed by atoms with Gasteiger partial charge in [0.25, 0.3) is 0 Å². The molecule has 3 nitrogen and oxygen atoms in total. The highest BCUT2D eigenvalue weighted by Crippen LogP contribution is 2.19. The molecule has 1 aliphatic rings. The lowest BCUT2D eigenvalue weighted by Crippen LogP contribution is -2.32. The van der Waals surface area contributed by atoms with E-state index in [1.54, 1.807) is 0 Å². The Morgan fingerprint density at radius 3 is 2.75 bits per heavy atom. The average Bonchev–Trinajstić information content (AvgIpc) is 2.27. The van der Waals surface area contributed by atoms with E-state index in [9.17, 15) is 9.90 Å². The largest absolute Gasteiger partial charge is 0.462 e. The van der Waals surface area contributed by atoms with Crippen molar-refractivity contribution in [2.45, 2.75) is 37.9 Å². The van der Waals surface area contributed by atoms with E-state index in [0.29, 0.717) is 6.42 Å². The fourth-order valence-electron chi connectivity index (χ4n) is 2.01. The van der Waals surface area contributed by atoms with Crippen LogP contribution in [-0.4, -0.2) is 23.3 Å². The zero-order valence-corrected chi connectivity index (χ0v) is 9.13. The monoisotopic (exact) mass is 220 g/mol. The van der Waals surface area contributed by atoms with Crippen molar-refractivity contribution in [2.75, 3.05) is 0 Å². The SMILES string of the molecule is O=C1CC(O)C[C@H](CCc2ccccc2)O1. The number of esters is 1. The zero-order valence-electron chi connectivity index (χ0n) is 9.13. The molecule has 0 saturated carbocycles. The lowest BCUT2D eigenvalue weighted by molar-refractivity contribution is -0.160. The van der Waals surface area contributed by atoms with Gasteiger partial charge in [0.15, 0.2) is 0 Å². The van der Waals surface area contributed by atoms with Crippen molar-refractivity contribution < 1.29 is 14.6 Å². The van der Waals surface area contributed by atoms with Crippen LogP contribution in [0.15, 0.2) is 30.3 Å². The van der Waals surface area contributed by atoms with Crippen LogP contribution >= 0.6 is 0 Å². The second-order valence-corrected chi connectivity index (χ2v) is 4.23. The van der Waals surface area contributed by atoms with Crippen molar-refractivity contribution in [3.8, 4) is 0 Å². The number of hydrogen-bond donors (Lipinski definition) is 1. The van der Waals surface area contributed by atoms with Gasteiger partial charge in [-0.1, -0.05) is 30.3 Å². The molecule has 3 heteroatoms. The number of aliphatic hydroxyl groups excluding tert-OH is 1. The van der Waals surface area contributed by atoms with Crippen LogP contribution in [0.25, 0.3) is 0 Å². The number of rotatable bonds is 3. The smallest absolute Gasteiger partial charge is 0.308 e. The van der Waals surface area contributed by atoms with Gasteiger partial charge in [-0.05, 0) is 18.4 Å². The summed E-state index contributed by atoms with van der Waals surface area (Å²) in [5.41, 5.74) is 1.23. The molecule has 0 amide bonds. The highest BCUT2D eigenvalue weighted by molar-refractivity contribution is 5.70. The van der Waals surface area contributed by atoms with E-state index in [1.807, 2.05) is 18.2 Å². The third-order valence-corrected chi connectivity index (χ3v) is 2.83. The summed E-state index contributed by atoms with van der Waals surface area (Å²) in [7, 11) is 0. The van der Waals surface area contributed by atoms with E-state index >= 15 is 0 Å². The van der Waals surface area contributed by atoms with E-state index in [-0.39, 0.29) is 18.5 Å². The van der Waals surface area contributed by atoms with Crippen molar-refractivity contribution in [3.05, 3.63) is 35.9 Å². The van der Waals surface area contributed by atoms with Crippen LogP contribution in [0.1, 0.15) is 24.8 Å². The summed E-state index contributed by atoms with van der Waals surface area (Å²) in [5, 5.41) is 9.45. The Hall–Kier alpha value is -1.35. The Kier molecular flexibility index (Phi) is 3.57. The molecule has 1 unspecified atom stereocenters. The molecule has 1 saturated heterocycles. The summed E-state index contributed by atoms with van der Waals surface area (Å²) in [6.45, 7) is 0. The third kappa shape index (κ3) is 3.07. The summed E-state index contributed by atoms with van der Waals surface area (Å²) < 4.78 is 5.18. The van der Waals surface area contributed by atoms with Crippen LogP contribution in [-0.2, 0) is 16.0 Å². The van der Waals surface area contributed by atoms with Gasteiger partial charge in [0, 0.05) is 6.42 Å². The van der Waals surface area contributed by atoms with Gasteiger partial charge in [-0.15, -0.1) is 0 Å². The minimum atomic E-state index is -0.526. The molecule has 2 rings (SSSR count). The van der Waals surface area contributed by atoms with Crippen molar-refractivity contribution in [3.63, 3.8) is 0 Å². The number of benzene rings is 1. The number of aryl methyl sites for hydroxylation is 1. The quantitative estimate of drug-likeness (QED) is 0.788. The predicted octanol–water partition coefficient (Wildman–Crippen LogP) is 1.69. The molecule has 0 aliphatic carbocycles. The number of carbonyl (C=O) groups excluding carboxylic acids is 1. The van der Waals surface area contributed by atoms with Crippen LogP contribution in [0.5, 0.6) is 0 Å². The number of ether oxygens (including phenoxy) is 1. The molecule has 0 radical (unpaired) electrons. The molecule has 16 heavy (non-hydrogen) atoms. The van der Waals surface area contributed by atoms with E-state index in [1.165, 1.54) is 5.56 Å². The van der Waals surface area contributed by atoms with Crippen LogP contribution in [0.3, 0.4) is 0 Å². The molecule has 1 aromatic carbocycles. The number of hydrogen-bond acceptors (Lipinski definition) is 3. The Balaban J connectivity index is 1.84. The van der Waals surface area contributed by atoms with E-state index < -0.39 is 6.10 Å². The molecule has 86 valence electrons. The topological polar surface area (TPSA) is 46.5 Å². The zero-order chi connectivity index (χ0) is 11.4. The van der Waals surface area contributed by atoms with E-state index in [0.717, 1.165) is 12.8 Å². The van der Waals surface area contributed by atoms with Gasteiger partial charge >= 0.3 is 5.97 Å². The molecule has 1 fully saturated rings. The van der Waals surface area contributed by atoms with Crippen LogP contribution in [0, 0.1) is 0 Å². The average molecular weight is 220 g/mol. The van der Waals surface area contributed by atoms with Crippen LogP contribution in [0.4, 0.5) is 0 Å². The Bertz CT molecular complexity index is 347. The molecule has 2 atom stereocenters. The third-order valence-electron chi connectivity index (χ3n) is 2.83. The van der Waals surface area contributed by atoms with Crippen molar-refractivity contribution >= 4 is 5.97 Å². The number of aliphatic hydroxyl groups is 1. The Morgan fingerprint density at radius 2 is 2.06 bits per heavy atom. The van der Waals surface area contributed by atoms with Crippen LogP contribution < -0.4 is 0 Å². The molecule has 1 aliphatic heterocycles. The summed E-state index contributed by atoms with van der Waals surface area (Å²) in [6, 6.07) is 10.1. The predicted molar refractivity (Wildman–Crippen MR) is 59.9 cm³/mol. The second kappa shape index (κ2) is 5.12. The van der Waals surface area contributed by atoms with Gasteiger partial charge in [-0.2, -0.15) is 0 Å². The first-order valence-corrected chi connectivity index (χ1v) is 5.65. The summed E-state index contributed by atoms with van der Waals surface area (Å²) in [5.74, 6) is -0.281. The number of carbonyl (C=O) groups is 1. The van der Waals surface area contributed by atoms with Crippen LogP contribution in [0.2, 0.25) is 0 Å². The van der Waals surface area contributed by atoms with Gasteiger partial charge in [0.05, 0.1) is 12.5 Å². The van der Waals surface area contributed by atoms with Gasteiger partial charge in [-0.25, -0.2) is 0 Å². The first-order chi connectivity index (χ1) is 7.74. The van der Waals surface area contributed by atoms with Gasteiger partial charge in [0.2, 0.25) is 0 Å². The molecule has 1 heterocycles. The normalized spacial score (nSPS) is 25.2. The molecule has 1 aromatic rings. The van der Waals surface area contributed by atoms with Crippen molar-refractivity contribution in [1.82, 2.24) is 0 Å². The highest BCUT2D eigenvalue weighted by Gasteiger charge is 2.26. The van der Waals surface area contributed by atoms with Gasteiger partial charge in [0.1, 0.15) is 6.10 Å². The second-order valence-electron chi connectivity index (χ2n) is 4.23. The summed E-state index contributed by atoms with van der Waals surface area (Å²) in [6.07, 6.45) is 1.72. The highest BCUT2D eigenvalue weighted by atomic mass is 16.5. The molecular weight excluding hydrogens is 204 g/mol. The first-order valence-electron chi connectivity index (χ1n) is 5.65. The maximum Gasteiger partial charge on any atom is 0.308 e. The minimum absolute atomic E-state index is 0.128. The van der Waals surface area contributed by atoms with Crippen molar-refractivity contribution in [1.29, 1.82) is 0 Å². The lowest BCUT2D eigenvalue weighted by Gasteiger charge is -2.25. The first kappa shape index (κ1) is 11.1. The van der Waals surface area contributed by atoms with Gasteiger partial charge < -0.3 is 9.84 Å². The van der Waals surface area contributed by atoms with Crippen molar-refractivity contribution in [2.24, 2.45) is 0 Å². The minimum Gasteiger partial charge on any atom is -0.462 e. The molecule has 1 N–H and O–H groups in total. The fraction of sp³-hybridized carbons (Fsp3) is 0.462. The Labute approximate surface area is 95.0 Å². The Morgan fingerprint density at radius 1 is 1.31 bits per heavy atom. The van der Waals surface area contributed by atoms with E-state index in [2.05, 4.69) is 12.1 Å².